The predicted octanol–water partition coefficient (Wildman–Crippen LogP) is 5.18. The van der Waals surface area contributed by atoms with Gasteiger partial charge in [0, 0.05) is 27.9 Å². The number of nitrogens with zero attached hydrogens (tertiary/aromatic N) is 2. The second-order valence-corrected chi connectivity index (χ2v) is 9.01. The van der Waals surface area contributed by atoms with Gasteiger partial charge in [-0.2, -0.15) is 0 Å². The smallest absolute Gasteiger partial charge is 0.293 e. The number of anilines is 2. The Morgan fingerprint density at radius 2 is 2.03 bits per heavy atom. The predicted molar refractivity (Wildman–Crippen MR) is 122 cm³/mol. The maximum absolute atomic E-state index is 12.4. The number of carbonyl (C=O) groups excluding carboxylic acids is 2. The van der Waals surface area contributed by atoms with E-state index in [0.717, 1.165) is 21.0 Å². The maximum Gasteiger partial charge on any atom is 0.293 e. The summed E-state index contributed by atoms with van der Waals surface area (Å²) in [4.78, 5) is 33.9. The Morgan fingerprint density at radius 1 is 1.16 bits per heavy atom. The first kappa shape index (κ1) is 21.2. The number of hydrogen-bond acceptors (Lipinski definition) is 7. The SMILES string of the molecule is Cc1cccc(Cc2cnc(NC(=O)Cc3csc(NC(=O)c4ccco4)n3)s2)c1Cl. The van der Waals surface area contributed by atoms with Gasteiger partial charge in [-0.25, -0.2) is 9.97 Å². The van der Waals surface area contributed by atoms with Crippen molar-refractivity contribution in [2.75, 3.05) is 10.6 Å². The highest BCUT2D eigenvalue weighted by atomic mass is 35.5. The molecule has 7 nitrogen and oxygen atoms in total. The molecule has 0 aliphatic heterocycles. The number of amides is 2. The monoisotopic (exact) mass is 472 g/mol. The van der Waals surface area contributed by atoms with Crippen LogP contribution in [0.1, 0.15) is 32.3 Å². The molecule has 0 spiro atoms. The van der Waals surface area contributed by atoms with Crippen LogP contribution in [-0.4, -0.2) is 21.8 Å². The van der Waals surface area contributed by atoms with Crippen molar-refractivity contribution < 1.29 is 14.0 Å². The van der Waals surface area contributed by atoms with Crippen molar-refractivity contribution in [1.29, 1.82) is 0 Å². The molecule has 0 bridgehead atoms. The zero-order chi connectivity index (χ0) is 21.8. The van der Waals surface area contributed by atoms with Crippen LogP contribution in [0.3, 0.4) is 0 Å². The van der Waals surface area contributed by atoms with E-state index in [4.69, 9.17) is 16.0 Å². The number of thiazole rings is 2. The molecule has 158 valence electrons. The minimum absolute atomic E-state index is 0.0751. The molecular weight excluding hydrogens is 456 g/mol. The number of benzene rings is 1. The summed E-state index contributed by atoms with van der Waals surface area (Å²) in [6.45, 7) is 1.97. The first-order chi connectivity index (χ1) is 15.0. The molecule has 0 fully saturated rings. The average Bonchev–Trinajstić information content (AvgIpc) is 3.48. The van der Waals surface area contributed by atoms with Crippen molar-refractivity contribution in [3.05, 3.63) is 80.7 Å². The summed E-state index contributed by atoms with van der Waals surface area (Å²) in [5.74, 6) is -0.427. The number of aryl methyl sites for hydroxylation is 1. The Labute approximate surface area is 191 Å². The molecule has 0 atom stereocenters. The van der Waals surface area contributed by atoms with Crippen LogP contribution < -0.4 is 10.6 Å². The van der Waals surface area contributed by atoms with E-state index in [-0.39, 0.29) is 24.0 Å². The quantitative estimate of drug-likeness (QED) is 0.386. The van der Waals surface area contributed by atoms with Crippen LogP contribution in [-0.2, 0) is 17.6 Å². The maximum atomic E-state index is 12.4. The standard InChI is InChI=1S/C21H17ClN4O3S2/c1-12-4-2-5-13(18(12)22)8-15-10-23-20(31-15)25-17(27)9-14-11-30-21(24-14)26-19(28)16-6-3-7-29-16/h2-7,10-11H,8-9H2,1H3,(H,23,25,27)(H,24,26,28). The molecule has 1 aromatic carbocycles. The molecule has 3 aromatic heterocycles. The summed E-state index contributed by atoms with van der Waals surface area (Å²) in [6, 6.07) is 9.12. The summed E-state index contributed by atoms with van der Waals surface area (Å²) in [7, 11) is 0. The molecule has 2 amide bonds. The Hall–Kier alpha value is -3.01. The number of furan rings is 1. The van der Waals surface area contributed by atoms with Crippen molar-refractivity contribution in [1.82, 2.24) is 9.97 Å². The fourth-order valence-electron chi connectivity index (χ4n) is 2.82. The zero-order valence-corrected chi connectivity index (χ0v) is 18.7. The van der Waals surface area contributed by atoms with Gasteiger partial charge < -0.3 is 9.73 Å². The van der Waals surface area contributed by atoms with Crippen molar-refractivity contribution in [3.8, 4) is 0 Å². The first-order valence-electron chi connectivity index (χ1n) is 9.26. The van der Waals surface area contributed by atoms with Crippen molar-refractivity contribution in [3.63, 3.8) is 0 Å². The fraction of sp³-hybridized carbons (Fsp3) is 0.143. The van der Waals surface area contributed by atoms with E-state index in [2.05, 4.69) is 20.6 Å². The van der Waals surface area contributed by atoms with E-state index in [1.165, 1.54) is 28.9 Å². The molecule has 0 saturated heterocycles. The molecule has 4 aromatic rings. The number of hydrogen-bond donors (Lipinski definition) is 2. The minimum atomic E-state index is -0.389. The first-order valence-corrected chi connectivity index (χ1v) is 11.3. The van der Waals surface area contributed by atoms with Gasteiger partial charge in [-0.05, 0) is 30.2 Å². The van der Waals surface area contributed by atoms with Crippen LogP contribution in [0.5, 0.6) is 0 Å². The average molecular weight is 473 g/mol. The van der Waals surface area contributed by atoms with E-state index in [9.17, 15) is 9.59 Å². The lowest BCUT2D eigenvalue weighted by atomic mass is 10.1. The van der Waals surface area contributed by atoms with Crippen molar-refractivity contribution in [2.45, 2.75) is 19.8 Å². The highest BCUT2D eigenvalue weighted by Crippen LogP contribution is 2.27. The van der Waals surface area contributed by atoms with Gasteiger partial charge in [-0.1, -0.05) is 29.8 Å². The summed E-state index contributed by atoms with van der Waals surface area (Å²) < 4.78 is 5.04. The van der Waals surface area contributed by atoms with Gasteiger partial charge in [-0.3, -0.25) is 14.9 Å². The van der Waals surface area contributed by atoms with E-state index >= 15 is 0 Å². The van der Waals surface area contributed by atoms with Gasteiger partial charge in [0.25, 0.3) is 5.91 Å². The zero-order valence-electron chi connectivity index (χ0n) is 16.3. The van der Waals surface area contributed by atoms with E-state index in [1.807, 2.05) is 25.1 Å². The molecule has 0 aliphatic carbocycles. The Kier molecular flexibility index (Phi) is 6.45. The van der Waals surface area contributed by atoms with Crippen molar-refractivity contribution in [2.24, 2.45) is 0 Å². The van der Waals surface area contributed by atoms with E-state index < -0.39 is 0 Å². The molecule has 10 heteroatoms. The largest absolute Gasteiger partial charge is 0.459 e. The van der Waals surface area contributed by atoms with Crippen LogP contribution in [0.15, 0.2) is 52.6 Å². The van der Waals surface area contributed by atoms with Crippen LogP contribution >= 0.6 is 34.3 Å². The van der Waals surface area contributed by atoms with Gasteiger partial charge in [0.1, 0.15) is 0 Å². The molecule has 0 radical (unpaired) electrons. The second-order valence-electron chi connectivity index (χ2n) is 6.66. The number of aromatic nitrogens is 2. The summed E-state index contributed by atoms with van der Waals surface area (Å²) in [5.41, 5.74) is 2.61. The van der Waals surface area contributed by atoms with Gasteiger partial charge in [-0.15, -0.1) is 22.7 Å². The molecule has 2 N–H and O–H groups in total. The van der Waals surface area contributed by atoms with Gasteiger partial charge in [0.05, 0.1) is 18.4 Å². The minimum Gasteiger partial charge on any atom is -0.459 e. The van der Waals surface area contributed by atoms with Crippen LogP contribution in [0, 0.1) is 6.92 Å². The number of halogens is 1. The number of nitrogens with one attached hydrogen (secondary N) is 2. The molecule has 31 heavy (non-hydrogen) atoms. The third kappa shape index (κ3) is 5.38. The Morgan fingerprint density at radius 3 is 2.84 bits per heavy atom. The van der Waals surface area contributed by atoms with Gasteiger partial charge in [0.2, 0.25) is 5.91 Å². The third-order valence-corrected chi connectivity index (χ3v) is 6.56. The van der Waals surface area contributed by atoms with Crippen LogP contribution in [0.25, 0.3) is 0 Å². The molecule has 3 heterocycles. The van der Waals surface area contributed by atoms with E-state index in [0.29, 0.717) is 22.4 Å². The Bertz CT molecular complexity index is 1220. The summed E-state index contributed by atoms with van der Waals surface area (Å²) >= 11 is 9.01. The van der Waals surface area contributed by atoms with E-state index in [1.54, 1.807) is 23.7 Å². The van der Waals surface area contributed by atoms with Gasteiger partial charge in [0.15, 0.2) is 16.0 Å². The fourth-order valence-corrected chi connectivity index (χ4v) is 4.57. The number of carbonyl (C=O) groups is 2. The summed E-state index contributed by atoms with van der Waals surface area (Å²) in [5, 5.41) is 8.83. The normalized spacial score (nSPS) is 10.8. The molecule has 4 rings (SSSR count). The highest BCUT2D eigenvalue weighted by Gasteiger charge is 2.14. The summed E-state index contributed by atoms with van der Waals surface area (Å²) in [6.07, 6.45) is 3.89. The molecule has 0 saturated carbocycles. The lowest BCUT2D eigenvalue weighted by Gasteiger charge is -2.04. The second kappa shape index (κ2) is 9.42. The molecular formula is C21H17ClN4O3S2. The lowest BCUT2D eigenvalue weighted by molar-refractivity contribution is -0.115. The van der Waals surface area contributed by atoms with Crippen LogP contribution in [0.2, 0.25) is 5.02 Å². The van der Waals surface area contributed by atoms with Gasteiger partial charge >= 0.3 is 0 Å². The molecule has 0 unspecified atom stereocenters. The highest BCUT2D eigenvalue weighted by molar-refractivity contribution is 7.15. The van der Waals surface area contributed by atoms with Crippen molar-refractivity contribution >= 4 is 56.4 Å². The Balaban J connectivity index is 1.32. The lowest BCUT2D eigenvalue weighted by Crippen LogP contribution is -2.15. The third-order valence-electron chi connectivity index (χ3n) is 4.30. The van der Waals surface area contributed by atoms with Crippen LogP contribution in [0.4, 0.5) is 10.3 Å². The topological polar surface area (TPSA) is 97.1 Å². The molecule has 0 aliphatic rings. The number of rotatable bonds is 7.